The Morgan fingerprint density at radius 2 is 2.06 bits per heavy atom. The van der Waals surface area contributed by atoms with Crippen LogP contribution < -0.4 is 0 Å². The second-order valence-corrected chi connectivity index (χ2v) is 4.06. The number of benzene rings is 1. The van der Waals surface area contributed by atoms with Crippen LogP contribution in [0.2, 0.25) is 0 Å². The molecule has 1 fully saturated rings. The molecule has 0 saturated carbocycles. The maximum absolute atomic E-state index is 11.7. The third-order valence-corrected chi connectivity index (χ3v) is 3.17. The molecule has 1 aromatic rings. The van der Waals surface area contributed by atoms with E-state index in [2.05, 4.69) is 0 Å². The molecular weight excluding hydrogens is 208 g/mol. The number of esters is 1. The third kappa shape index (κ3) is 1.38. The molecule has 1 saturated heterocycles. The number of hydrogen-bond acceptors (Lipinski definition) is 3. The highest BCUT2D eigenvalue weighted by Gasteiger charge is 2.53. The second-order valence-electron chi connectivity index (χ2n) is 4.06. The number of rotatable bonds is 2. The highest BCUT2D eigenvalue weighted by Crippen LogP contribution is 2.38. The van der Waals surface area contributed by atoms with Crippen molar-refractivity contribution in [2.75, 3.05) is 6.61 Å². The summed E-state index contributed by atoms with van der Waals surface area (Å²) >= 11 is 0. The van der Waals surface area contributed by atoms with Gasteiger partial charge in [0.05, 0.1) is 0 Å². The minimum atomic E-state index is -1.08. The van der Waals surface area contributed by atoms with Crippen LogP contribution in [-0.2, 0) is 19.7 Å². The van der Waals surface area contributed by atoms with Crippen LogP contribution in [0.25, 0.3) is 0 Å². The molecule has 0 amide bonds. The largest absolute Gasteiger partial charge is 0.481 e. The molecule has 1 aliphatic heterocycles. The Morgan fingerprint density at radius 3 is 2.62 bits per heavy atom. The van der Waals surface area contributed by atoms with Crippen LogP contribution in [0.1, 0.15) is 12.5 Å². The number of aliphatic carboxylic acids is 1. The Hall–Kier alpha value is -1.84. The van der Waals surface area contributed by atoms with Crippen LogP contribution in [0.3, 0.4) is 0 Å². The summed E-state index contributed by atoms with van der Waals surface area (Å²) in [6.45, 7) is 1.57. The van der Waals surface area contributed by atoms with E-state index in [-0.39, 0.29) is 6.61 Å². The van der Waals surface area contributed by atoms with Crippen molar-refractivity contribution in [2.45, 2.75) is 12.3 Å². The Kier molecular flexibility index (Phi) is 2.42. The molecule has 1 aliphatic rings. The minimum Gasteiger partial charge on any atom is -0.481 e. The molecule has 1 aromatic carbocycles. The van der Waals surface area contributed by atoms with Gasteiger partial charge >= 0.3 is 11.9 Å². The van der Waals surface area contributed by atoms with Crippen LogP contribution in [-0.4, -0.2) is 23.7 Å². The smallest absolute Gasteiger partial charge is 0.317 e. The van der Waals surface area contributed by atoms with Crippen LogP contribution in [0.15, 0.2) is 30.3 Å². The van der Waals surface area contributed by atoms with Crippen molar-refractivity contribution < 1.29 is 19.4 Å². The number of ether oxygens (including phenoxy) is 1. The summed E-state index contributed by atoms with van der Waals surface area (Å²) in [4.78, 5) is 22.8. The lowest BCUT2D eigenvalue weighted by molar-refractivity contribution is -0.145. The predicted octanol–water partition coefficient (Wildman–Crippen LogP) is 1.20. The van der Waals surface area contributed by atoms with Crippen LogP contribution >= 0.6 is 0 Å². The number of carboxylic acids is 1. The summed E-state index contributed by atoms with van der Waals surface area (Å²) in [7, 11) is 0. The number of carbonyl (C=O) groups is 2. The Balaban J connectivity index is 2.49. The van der Waals surface area contributed by atoms with Crippen LogP contribution in [0, 0.1) is 5.92 Å². The summed E-state index contributed by atoms with van der Waals surface area (Å²) in [5.74, 6) is -2.29. The zero-order valence-electron chi connectivity index (χ0n) is 8.84. The normalized spacial score (nSPS) is 28.8. The van der Waals surface area contributed by atoms with Gasteiger partial charge in [0.1, 0.15) is 17.9 Å². The van der Waals surface area contributed by atoms with Crippen LogP contribution in [0.5, 0.6) is 0 Å². The quantitative estimate of drug-likeness (QED) is 0.761. The highest BCUT2D eigenvalue weighted by atomic mass is 16.5. The van der Waals surface area contributed by atoms with E-state index in [1.54, 1.807) is 31.2 Å². The average Bonchev–Trinajstić information content (AvgIpc) is 2.58. The van der Waals surface area contributed by atoms with E-state index in [9.17, 15) is 9.59 Å². The lowest BCUT2D eigenvalue weighted by Crippen LogP contribution is -2.38. The Labute approximate surface area is 92.8 Å². The molecule has 1 N–H and O–H groups in total. The standard InChI is InChI=1S/C12H12O4/c1-12(8-5-3-2-4-6-8)9(10(13)14)7-16-11(12)15/h2-6,9H,7H2,1H3,(H,13,14). The molecule has 84 valence electrons. The average molecular weight is 220 g/mol. The Morgan fingerprint density at radius 1 is 1.44 bits per heavy atom. The SMILES string of the molecule is CC1(c2ccccc2)C(=O)OCC1C(=O)O. The van der Waals surface area contributed by atoms with Crippen molar-refractivity contribution in [2.24, 2.45) is 5.92 Å². The molecule has 0 aliphatic carbocycles. The molecule has 0 spiro atoms. The zero-order chi connectivity index (χ0) is 11.8. The van der Waals surface area contributed by atoms with Gasteiger partial charge in [-0.15, -0.1) is 0 Å². The van der Waals surface area contributed by atoms with E-state index >= 15 is 0 Å². The maximum atomic E-state index is 11.7. The first-order valence-corrected chi connectivity index (χ1v) is 5.02. The van der Waals surface area contributed by atoms with Gasteiger partial charge in [0.15, 0.2) is 0 Å². The fourth-order valence-electron chi connectivity index (χ4n) is 2.04. The van der Waals surface area contributed by atoms with Gasteiger partial charge < -0.3 is 9.84 Å². The van der Waals surface area contributed by atoms with Gasteiger partial charge in [-0.2, -0.15) is 0 Å². The van der Waals surface area contributed by atoms with E-state index < -0.39 is 23.3 Å². The number of cyclic esters (lactones) is 1. The second kappa shape index (κ2) is 3.63. The predicted molar refractivity (Wildman–Crippen MR) is 55.9 cm³/mol. The molecule has 2 unspecified atom stereocenters. The van der Waals surface area contributed by atoms with E-state index in [0.29, 0.717) is 5.56 Å². The molecule has 0 bridgehead atoms. The van der Waals surface area contributed by atoms with E-state index in [0.717, 1.165) is 0 Å². The number of carbonyl (C=O) groups excluding carboxylic acids is 1. The van der Waals surface area contributed by atoms with Crippen molar-refractivity contribution in [3.05, 3.63) is 35.9 Å². The van der Waals surface area contributed by atoms with Crippen molar-refractivity contribution in [3.63, 3.8) is 0 Å². The summed E-state index contributed by atoms with van der Waals surface area (Å²) < 4.78 is 4.88. The molecule has 0 radical (unpaired) electrons. The summed E-state index contributed by atoms with van der Waals surface area (Å²) in [5, 5.41) is 9.10. The molecule has 2 atom stereocenters. The number of hydrogen-bond donors (Lipinski definition) is 1. The fraction of sp³-hybridized carbons (Fsp3) is 0.333. The monoisotopic (exact) mass is 220 g/mol. The van der Waals surface area contributed by atoms with Crippen LogP contribution in [0.4, 0.5) is 0 Å². The summed E-state index contributed by atoms with van der Waals surface area (Å²) in [6.07, 6.45) is 0. The maximum Gasteiger partial charge on any atom is 0.317 e. The molecule has 2 rings (SSSR count). The van der Waals surface area contributed by atoms with Crippen molar-refractivity contribution in [1.29, 1.82) is 0 Å². The van der Waals surface area contributed by atoms with Crippen molar-refractivity contribution in [3.8, 4) is 0 Å². The third-order valence-electron chi connectivity index (χ3n) is 3.17. The van der Waals surface area contributed by atoms with E-state index in [4.69, 9.17) is 9.84 Å². The van der Waals surface area contributed by atoms with Gasteiger partial charge in [-0.1, -0.05) is 30.3 Å². The molecule has 0 aromatic heterocycles. The van der Waals surface area contributed by atoms with Crippen molar-refractivity contribution in [1.82, 2.24) is 0 Å². The molecular formula is C12H12O4. The van der Waals surface area contributed by atoms with Gasteiger partial charge in [-0.3, -0.25) is 9.59 Å². The molecule has 16 heavy (non-hydrogen) atoms. The summed E-state index contributed by atoms with van der Waals surface area (Å²) in [6, 6.07) is 8.89. The highest BCUT2D eigenvalue weighted by molar-refractivity contribution is 5.92. The number of carboxylic acid groups (broad SMARTS) is 1. The first-order valence-electron chi connectivity index (χ1n) is 5.02. The zero-order valence-corrected chi connectivity index (χ0v) is 8.84. The molecule has 4 heteroatoms. The first kappa shape index (κ1) is 10.7. The lowest BCUT2D eigenvalue weighted by Gasteiger charge is -2.24. The van der Waals surface area contributed by atoms with Gasteiger partial charge in [-0.05, 0) is 12.5 Å². The summed E-state index contributed by atoms with van der Waals surface area (Å²) in [5.41, 5.74) is -0.391. The van der Waals surface area contributed by atoms with E-state index in [1.807, 2.05) is 6.07 Å². The lowest BCUT2D eigenvalue weighted by atomic mass is 9.74. The van der Waals surface area contributed by atoms with Gasteiger partial charge in [0.25, 0.3) is 0 Å². The van der Waals surface area contributed by atoms with E-state index in [1.165, 1.54) is 0 Å². The van der Waals surface area contributed by atoms with Crippen molar-refractivity contribution >= 4 is 11.9 Å². The topological polar surface area (TPSA) is 63.6 Å². The van der Waals surface area contributed by atoms with Gasteiger partial charge in [0.2, 0.25) is 0 Å². The Bertz CT molecular complexity index is 426. The fourth-order valence-corrected chi connectivity index (χ4v) is 2.04. The van der Waals surface area contributed by atoms with Gasteiger partial charge in [0, 0.05) is 0 Å². The minimum absolute atomic E-state index is 0.0560. The molecule has 1 heterocycles. The first-order chi connectivity index (χ1) is 7.56. The van der Waals surface area contributed by atoms with Gasteiger partial charge in [-0.25, -0.2) is 0 Å². The molecule has 4 nitrogen and oxygen atoms in total.